The van der Waals surface area contributed by atoms with Gasteiger partial charge in [-0.05, 0) is 38.3 Å². The lowest BCUT2D eigenvalue weighted by molar-refractivity contribution is -0.385. The predicted molar refractivity (Wildman–Crippen MR) is 84.4 cm³/mol. The quantitative estimate of drug-likeness (QED) is 0.646. The summed E-state index contributed by atoms with van der Waals surface area (Å²) in [5.74, 6) is 0.668. The van der Waals surface area contributed by atoms with Crippen molar-refractivity contribution in [1.82, 2.24) is 10.2 Å². The van der Waals surface area contributed by atoms with E-state index in [0.717, 1.165) is 32.4 Å². The van der Waals surface area contributed by atoms with Gasteiger partial charge in [0.25, 0.3) is 5.69 Å². The second-order valence-corrected chi connectivity index (χ2v) is 5.87. The number of carbonyl (C=O) groups is 1. The number of nitro groups is 1. The lowest BCUT2D eigenvalue weighted by atomic mass is 9.93. The molecule has 0 radical (unpaired) electrons. The summed E-state index contributed by atoms with van der Waals surface area (Å²) >= 11 is 0. The molecule has 1 aliphatic heterocycles. The molecule has 1 N–H and O–H groups in total. The molecule has 1 fully saturated rings. The molecule has 6 heteroatoms. The summed E-state index contributed by atoms with van der Waals surface area (Å²) < 4.78 is 0. The van der Waals surface area contributed by atoms with Gasteiger partial charge in [-0.1, -0.05) is 18.2 Å². The first kappa shape index (κ1) is 16.4. The highest BCUT2D eigenvalue weighted by atomic mass is 16.6. The van der Waals surface area contributed by atoms with Gasteiger partial charge >= 0.3 is 0 Å². The van der Waals surface area contributed by atoms with E-state index in [9.17, 15) is 14.9 Å². The van der Waals surface area contributed by atoms with Crippen LogP contribution in [-0.2, 0) is 11.3 Å². The Bertz CT molecular complexity index is 527. The Morgan fingerprint density at radius 2 is 2.05 bits per heavy atom. The molecule has 0 spiro atoms. The van der Waals surface area contributed by atoms with E-state index in [0.29, 0.717) is 17.9 Å². The van der Waals surface area contributed by atoms with Crippen molar-refractivity contribution in [2.45, 2.75) is 32.2 Å². The number of piperidine rings is 1. The third-order valence-corrected chi connectivity index (χ3v) is 4.25. The van der Waals surface area contributed by atoms with Crippen LogP contribution in [0.5, 0.6) is 0 Å². The van der Waals surface area contributed by atoms with Crippen molar-refractivity contribution >= 4 is 11.6 Å². The van der Waals surface area contributed by atoms with Crippen molar-refractivity contribution in [2.24, 2.45) is 5.92 Å². The molecule has 0 aromatic heterocycles. The third-order valence-electron chi connectivity index (χ3n) is 4.25. The zero-order chi connectivity index (χ0) is 15.9. The molecule has 1 amide bonds. The molecule has 0 aliphatic carbocycles. The first-order valence-electron chi connectivity index (χ1n) is 7.75. The summed E-state index contributed by atoms with van der Waals surface area (Å²) in [5, 5.41) is 14.3. The van der Waals surface area contributed by atoms with E-state index in [1.807, 2.05) is 0 Å². The molecule has 22 heavy (non-hydrogen) atoms. The summed E-state index contributed by atoms with van der Waals surface area (Å²) in [6, 6.07) is 6.58. The molecule has 1 aliphatic rings. The summed E-state index contributed by atoms with van der Waals surface area (Å²) in [5.41, 5.74) is 0.644. The van der Waals surface area contributed by atoms with Gasteiger partial charge in [-0.25, -0.2) is 0 Å². The van der Waals surface area contributed by atoms with Crippen LogP contribution in [0.15, 0.2) is 24.3 Å². The van der Waals surface area contributed by atoms with Crippen LogP contribution in [0.4, 0.5) is 5.69 Å². The number of amides is 1. The van der Waals surface area contributed by atoms with Gasteiger partial charge in [0.05, 0.1) is 11.5 Å². The maximum absolute atomic E-state index is 12.2. The van der Waals surface area contributed by atoms with Gasteiger partial charge in [-0.2, -0.15) is 0 Å². The molecular weight excluding hydrogens is 282 g/mol. The van der Waals surface area contributed by atoms with Crippen LogP contribution in [0.3, 0.4) is 0 Å². The fourth-order valence-electron chi connectivity index (χ4n) is 2.86. The van der Waals surface area contributed by atoms with E-state index in [1.54, 1.807) is 30.1 Å². The molecule has 120 valence electrons. The van der Waals surface area contributed by atoms with Crippen molar-refractivity contribution < 1.29 is 9.72 Å². The van der Waals surface area contributed by atoms with Gasteiger partial charge in [-0.3, -0.25) is 14.9 Å². The highest BCUT2D eigenvalue weighted by molar-refractivity contribution is 5.76. The number of nitrogens with one attached hydrogen (secondary N) is 1. The second kappa shape index (κ2) is 7.89. The average molecular weight is 305 g/mol. The lowest BCUT2D eigenvalue weighted by Crippen LogP contribution is -2.30. The fourth-order valence-corrected chi connectivity index (χ4v) is 2.86. The molecule has 1 saturated heterocycles. The topological polar surface area (TPSA) is 75.5 Å². The molecular formula is C16H23N3O3. The van der Waals surface area contributed by atoms with E-state index >= 15 is 0 Å². The highest BCUT2D eigenvalue weighted by Gasteiger charge is 2.19. The third kappa shape index (κ3) is 4.53. The fraction of sp³-hybridized carbons (Fsp3) is 0.562. The monoisotopic (exact) mass is 305 g/mol. The molecule has 0 atom stereocenters. The normalized spacial score (nSPS) is 15.5. The van der Waals surface area contributed by atoms with Crippen LogP contribution in [0.2, 0.25) is 0 Å². The van der Waals surface area contributed by atoms with Crippen LogP contribution in [-0.4, -0.2) is 35.9 Å². The van der Waals surface area contributed by atoms with Crippen molar-refractivity contribution in [3.05, 3.63) is 39.9 Å². The van der Waals surface area contributed by atoms with E-state index in [2.05, 4.69) is 5.32 Å². The first-order chi connectivity index (χ1) is 10.6. The Hall–Kier alpha value is -1.95. The minimum Gasteiger partial charge on any atom is -0.341 e. The van der Waals surface area contributed by atoms with E-state index in [4.69, 9.17) is 0 Å². The van der Waals surface area contributed by atoms with Gasteiger partial charge in [0.15, 0.2) is 0 Å². The van der Waals surface area contributed by atoms with Crippen molar-refractivity contribution in [3.8, 4) is 0 Å². The van der Waals surface area contributed by atoms with E-state index in [1.165, 1.54) is 6.07 Å². The highest BCUT2D eigenvalue weighted by Crippen LogP contribution is 2.21. The van der Waals surface area contributed by atoms with Crippen LogP contribution in [0, 0.1) is 16.0 Å². The Balaban J connectivity index is 1.87. The number of hydrogen-bond acceptors (Lipinski definition) is 4. The average Bonchev–Trinajstić information content (AvgIpc) is 2.53. The molecule has 0 saturated carbocycles. The Labute approximate surface area is 130 Å². The smallest absolute Gasteiger partial charge is 0.274 e. The van der Waals surface area contributed by atoms with Gasteiger partial charge in [0, 0.05) is 25.1 Å². The predicted octanol–water partition coefficient (Wildman–Crippen LogP) is 2.33. The molecule has 1 aromatic rings. The number of rotatable bonds is 6. The number of benzene rings is 1. The molecule has 0 bridgehead atoms. The van der Waals surface area contributed by atoms with Crippen molar-refractivity contribution in [1.29, 1.82) is 0 Å². The van der Waals surface area contributed by atoms with Crippen LogP contribution in [0.1, 0.15) is 31.2 Å². The number of para-hydroxylation sites is 1. The maximum Gasteiger partial charge on any atom is 0.274 e. The SMILES string of the molecule is CN(Cc1ccccc1[N+](=O)[O-])C(=O)CCC1CCNCC1. The van der Waals surface area contributed by atoms with E-state index < -0.39 is 4.92 Å². The van der Waals surface area contributed by atoms with Gasteiger partial charge < -0.3 is 10.2 Å². The number of nitro benzene ring substituents is 1. The standard InChI is InChI=1S/C16H23N3O3/c1-18(12-14-4-2-3-5-15(14)19(21)22)16(20)7-6-13-8-10-17-11-9-13/h2-5,13,17H,6-12H2,1H3. The largest absolute Gasteiger partial charge is 0.341 e. The Kier molecular flexibility index (Phi) is 5.89. The van der Waals surface area contributed by atoms with Crippen LogP contribution < -0.4 is 5.32 Å². The number of carbonyl (C=O) groups excluding carboxylic acids is 1. The van der Waals surface area contributed by atoms with Gasteiger partial charge in [-0.15, -0.1) is 0 Å². The Morgan fingerprint density at radius 1 is 1.36 bits per heavy atom. The van der Waals surface area contributed by atoms with Crippen molar-refractivity contribution in [2.75, 3.05) is 20.1 Å². The lowest BCUT2D eigenvalue weighted by Gasteiger charge is -2.23. The van der Waals surface area contributed by atoms with Crippen molar-refractivity contribution in [3.63, 3.8) is 0 Å². The first-order valence-corrected chi connectivity index (χ1v) is 7.75. The zero-order valence-electron chi connectivity index (χ0n) is 13.0. The molecule has 0 unspecified atom stereocenters. The van der Waals surface area contributed by atoms with Crippen LogP contribution >= 0.6 is 0 Å². The molecule has 2 rings (SSSR count). The summed E-state index contributed by atoms with van der Waals surface area (Å²) in [7, 11) is 1.71. The van der Waals surface area contributed by atoms with Gasteiger partial charge in [0.2, 0.25) is 5.91 Å². The Morgan fingerprint density at radius 3 is 2.73 bits per heavy atom. The summed E-state index contributed by atoms with van der Waals surface area (Å²) in [6.45, 7) is 2.35. The van der Waals surface area contributed by atoms with Crippen LogP contribution in [0.25, 0.3) is 0 Å². The summed E-state index contributed by atoms with van der Waals surface area (Å²) in [4.78, 5) is 24.4. The minimum absolute atomic E-state index is 0.0525. The minimum atomic E-state index is -0.400. The second-order valence-electron chi connectivity index (χ2n) is 5.87. The number of hydrogen-bond donors (Lipinski definition) is 1. The summed E-state index contributed by atoms with van der Waals surface area (Å²) in [6.07, 6.45) is 3.67. The maximum atomic E-state index is 12.2. The molecule has 1 heterocycles. The van der Waals surface area contributed by atoms with E-state index in [-0.39, 0.29) is 18.1 Å². The zero-order valence-corrected chi connectivity index (χ0v) is 13.0. The van der Waals surface area contributed by atoms with Gasteiger partial charge in [0.1, 0.15) is 0 Å². The molecule has 1 aromatic carbocycles. The molecule has 6 nitrogen and oxygen atoms in total. The number of nitrogens with zero attached hydrogens (tertiary/aromatic N) is 2.